The van der Waals surface area contributed by atoms with Crippen LogP contribution < -0.4 is 4.72 Å². The molecule has 0 aromatic heterocycles. The van der Waals surface area contributed by atoms with E-state index in [1.807, 2.05) is 18.2 Å². The Morgan fingerprint density at radius 1 is 0.962 bits per heavy atom. The molecule has 4 nitrogen and oxygen atoms in total. The average molecular weight is 399 g/mol. The molecule has 1 fully saturated rings. The molecule has 1 aliphatic rings. The second kappa shape index (κ2) is 9.46. The van der Waals surface area contributed by atoms with E-state index in [4.69, 9.17) is 0 Å². The van der Waals surface area contributed by atoms with Crippen molar-refractivity contribution in [3.8, 4) is 0 Å². The number of rotatable bonds is 6. The van der Waals surface area contributed by atoms with Crippen LogP contribution in [0.15, 0.2) is 54.6 Å². The van der Waals surface area contributed by atoms with Gasteiger partial charge in [-0.1, -0.05) is 42.5 Å². The van der Waals surface area contributed by atoms with Gasteiger partial charge >= 0.3 is 0 Å². The molecule has 0 bridgehead atoms. The highest BCUT2D eigenvalue weighted by Crippen LogP contribution is 2.15. The van der Waals surface area contributed by atoms with Gasteiger partial charge < -0.3 is 0 Å². The van der Waals surface area contributed by atoms with Gasteiger partial charge in [0.2, 0.25) is 10.0 Å². The standard InChI is InChI=1S/C19H23FN2O2S.ClH/c20-18-8-6-17(7-9-18)15-25(23,24)21-19-10-12-22(13-11-19)14-16-4-2-1-3-5-16;/h1-9,19,21H,10-15H2;1H. The summed E-state index contributed by atoms with van der Waals surface area (Å²) < 4.78 is 40.3. The summed E-state index contributed by atoms with van der Waals surface area (Å²) in [6.07, 6.45) is 1.60. The molecular weight excluding hydrogens is 375 g/mol. The predicted molar refractivity (Wildman–Crippen MR) is 104 cm³/mol. The van der Waals surface area contributed by atoms with E-state index in [0.717, 1.165) is 32.5 Å². The van der Waals surface area contributed by atoms with Crippen LogP contribution >= 0.6 is 12.4 Å². The molecule has 7 heteroatoms. The minimum atomic E-state index is -3.41. The first-order valence-corrected chi connectivity index (χ1v) is 10.2. The van der Waals surface area contributed by atoms with Gasteiger partial charge in [-0.05, 0) is 36.1 Å². The van der Waals surface area contributed by atoms with Crippen molar-refractivity contribution < 1.29 is 12.8 Å². The molecular formula is C19H24ClFN2O2S. The van der Waals surface area contributed by atoms with Gasteiger partial charge in [0.15, 0.2) is 0 Å². The third kappa shape index (κ3) is 6.36. The molecule has 1 saturated heterocycles. The lowest BCUT2D eigenvalue weighted by Gasteiger charge is -2.32. The molecule has 26 heavy (non-hydrogen) atoms. The molecule has 1 heterocycles. The Kier molecular flexibility index (Phi) is 7.58. The SMILES string of the molecule is Cl.O=S(=O)(Cc1ccc(F)cc1)NC1CCN(Cc2ccccc2)CC1. The zero-order valence-corrected chi connectivity index (χ0v) is 16.1. The number of benzene rings is 2. The second-order valence-electron chi connectivity index (χ2n) is 6.54. The van der Waals surface area contributed by atoms with E-state index in [1.165, 1.54) is 29.8 Å². The Hall–Kier alpha value is -1.47. The molecule has 2 aromatic carbocycles. The summed E-state index contributed by atoms with van der Waals surface area (Å²) in [5.74, 6) is -0.475. The van der Waals surface area contributed by atoms with E-state index in [1.54, 1.807) is 0 Å². The molecule has 1 aliphatic heterocycles. The number of piperidine rings is 1. The molecule has 1 N–H and O–H groups in total. The highest BCUT2D eigenvalue weighted by Gasteiger charge is 2.23. The smallest absolute Gasteiger partial charge is 0.216 e. The van der Waals surface area contributed by atoms with Crippen LogP contribution in [0.2, 0.25) is 0 Å². The van der Waals surface area contributed by atoms with Crippen molar-refractivity contribution in [3.63, 3.8) is 0 Å². The number of nitrogens with one attached hydrogen (secondary N) is 1. The van der Waals surface area contributed by atoms with Crippen molar-refractivity contribution in [2.24, 2.45) is 0 Å². The Morgan fingerprint density at radius 2 is 1.58 bits per heavy atom. The van der Waals surface area contributed by atoms with Gasteiger partial charge in [-0.25, -0.2) is 17.5 Å². The number of likely N-dealkylation sites (tertiary alicyclic amines) is 1. The lowest BCUT2D eigenvalue weighted by molar-refractivity contribution is 0.200. The summed E-state index contributed by atoms with van der Waals surface area (Å²) in [6, 6.07) is 15.9. The van der Waals surface area contributed by atoms with Gasteiger partial charge in [-0.2, -0.15) is 0 Å². The summed E-state index contributed by atoms with van der Waals surface area (Å²) >= 11 is 0. The molecule has 0 saturated carbocycles. The largest absolute Gasteiger partial charge is 0.299 e. The number of sulfonamides is 1. The number of nitrogens with zero attached hydrogens (tertiary/aromatic N) is 1. The molecule has 3 rings (SSSR count). The summed E-state index contributed by atoms with van der Waals surface area (Å²) in [7, 11) is -3.41. The van der Waals surface area contributed by atoms with E-state index in [-0.39, 0.29) is 30.0 Å². The van der Waals surface area contributed by atoms with Gasteiger partial charge in [0.05, 0.1) is 5.75 Å². The maximum absolute atomic E-state index is 12.9. The van der Waals surface area contributed by atoms with Crippen molar-refractivity contribution in [1.82, 2.24) is 9.62 Å². The van der Waals surface area contributed by atoms with Gasteiger partial charge in [0, 0.05) is 25.7 Å². The first-order chi connectivity index (χ1) is 12.0. The lowest BCUT2D eigenvalue weighted by Crippen LogP contribution is -2.44. The fourth-order valence-corrected chi connectivity index (χ4v) is 4.60. The fraction of sp³-hybridized carbons (Fsp3) is 0.368. The van der Waals surface area contributed by atoms with Gasteiger partial charge in [0.1, 0.15) is 5.82 Å². The highest BCUT2D eigenvalue weighted by molar-refractivity contribution is 7.88. The van der Waals surface area contributed by atoms with Crippen molar-refractivity contribution >= 4 is 22.4 Å². The average Bonchev–Trinajstić information content (AvgIpc) is 2.59. The molecule has 142 valence electrons. The van der Waals surface area contributed by atoms with Crippen LogP contribution in [-0.2, 0) is 22.3 Å². The highest BCUT2D eigenvalue weighted by atomic mass is 35.5. The van der Waals surface area contributed by atoms with Crippen LogP contribution in [0, 0.1) is 5.82 Å². The van der Waals surface area contributed by atoms with Gasteiger partial charge in [0.25, 0.3) is 0 Å². The molecule has 0 aliphatic carbocycles. The molecule has 0 unspecified atom stereocenters. The van der Waals surface area contributed by atoms with Crippen LogP contribution in [0.4, 0.5) is 4.39 Å². The molecule has 0 spiro atoms. The van der Waals surface area contributed by atoms with E-state index in [2.05, 4.69) is 21.8 Å². The Morgan fingerprint density at radius 3 is 2.19 bits per heavy atom. The first kappa shape index (κ1) is 20.8. The van der Waals surface area contributed by atoms with E-state index in [9.17, 15) is 12.8 Å². The summed E-state index contributed by atoms with van der Waals surface area (Å²) in [5.41, 5.74) is 1.87. The molecule has 0 radical (unpaired) electrons. The maximum Gasteiger partial charge on any atom is 0.216 e. The van der Waals surface area contributed by atoms with Crippen molar-refractivity contribution in [2.75, 3.05) is 13.1 Å². The molecule has 2 aromatic rings. The van der Waals surface area contributed by atoms with Crippen LogP contribution in [0.3, 0.4) is 0 Å². The second-order valence-corrected chi connectivity index (χ2v) is 8.29. The van der Waals surface area contributed by atoms with E-state index in [0.29, 0.717) is 5.56 Å². The lowest BCUT2D eigenvalue weighted by atomic mass is 10.1. The zero-order valence-electron chi connectivity index (χ0n) is 14.5. The monoisotopic (exact) mass is 398 g/mol. The van der Waals surface area contributed by atoms with Crippen LogP contribution in [0.5, 0.6) is 0 Å². The number of hydrogen-bond donors (Lipinski definition) is 1. The van der Waals surface area contributed by atoms with E-state index >= 15 is 0 Å². The predicted octanol–water partition coefficient (Wildman–Crippen LogP) is 3.33. The summed E-state index contributed by atoms with van der Waals surface area (Å²) in [5, 5.41) is 0. The minimum Gasteiger partial charge on any atom is -0.299 e. The zero-order chi connectivity index (χ0) is 17.7. The third-order valence-corrected chi connectivity index (χ3v) is 5.86. The first-order valence-electron chi connectivity index (χ1n) is 8.51. The van der Waals surface area contributed by atoms with Crippen molar-refractivity contribution in [1.29, 1.82) is 0 Å². The fourth-order valence-electron chi connectivity index (χ4n) is 3.15. The number of hydrogen-bond acceptors (Lipinski definition) is 3. The molecule has 0 atom stereocenters. The Bertz CT molecular complexity index is 777. The summed E-state index contributed by atoms with van der Waals surface area (Å²) in [6.45, 7) is 2.65. The normalized spacial score (nSPS) is 16.2. The Balaban J connectivity index is 0.00000243. The summed E-state index contributed by atoms with van der Waals surface area (Å²) in [4.78, 5) is 2.35. The van der Waals surface area contributed by atoms with Gasteiger partial charge in [-0.3, -0.25) is 4.90 Å². The van der Waals surface area contributed by atoms with E-state index < -0.39 is 10.0 Å². The Labute approximate surface area is 160 Å². The maximum atomic E-state index is 12.9. The van der Waals surface area contributed by atoms with Crippen molar-refractivity contribution in [3.05, 3.63) is 71.5 Å². The minimum absolute atomic E-state index is 0. The number of halogens is 2. The van der Waals surface area contributed by atoms with Gasteiger partial charge in [-0.15, -0.1) is 12.4 Å². The third-order valence-electron chi connectivity index (χ3n) is 4.45. The topological polar surface area (TPSA) is 49.4 Å². The quantitative estimate of drug-likeness (QED) is 0.811. The van der Waals surface area contributed by atoms with Crippen LogP contribution in [-0.4, -0.2) is 32.4 Å². The van der Waals surface area contributed by atoms with Crippen LogP contribution in [0.1, 0.15) is 24.0 Å². The van der Waals surface area contributed by atoms with Crippen LogP contribution in [0.25, 0.3) is 0 Å². The molecule has 0 amide bonds. The van der Waals surface area contributed by atoms with Crippen molar-refractivity contribution in [2.45, 2.75) is 31.2 Å².